The van der Waals surface area contributed by atoms with Crippen molar-refractivity contribution in [3.8, 4) is 0 Å². The van der Waals surface area contributed by atoms with Gasteiger partial charge in [-0.3, -0.25) is 24.1 Å². The van der Waals surface area contributed by atoms with Gasteiger partial charge in [0.15, 0.2) is 0 Å². The molecule has 0 aliphatic carbocycles. The second-order valence-corrected chi connectivity index (χ2v) is 8.85. The minimum Gasteiger partial charge on any atom is -0.351 e. The second kappa shape index (κ2) is 9.57. The number of likely N-dealkylation sites (tertiary alicyclic amines) is 1. The van der Waals surface area contributed by atoms with E-state index in [9.17, 15) is 19.2 Å². The number of imide groups is 1. The molecule has 4 rings (SSSR count). The van der Waals surface area contributed by atoms with Gasteiger partial charge >= 0.3 is 0 Å². The number of carbonyl (C=O) groups is 4. The predicted molar refractivity (Wildman–Crippen MR) is 124 cm³/mol. The number of nitrogens with one attached hydrogen (secondary N) is 1. The molecule has 2 heterocycles. The Hall–Kier alpha value is -3.48. The van der Waals surface area contributed by atoms with Gasteiger partial charge in [0, 0.05) is 25.6 Å². The average molecular weight is 448 g/mol. The SMILES string of the molecule is Cc1ccc(CCC(=O)N2CCC(NC(=O)C(C)N3C(=O)c4ccccc4C3=O)CC2)cc1. The maximum Gasteiger partial charge on any atom is 0.262 e. The van der Waals surface area contributed by atoms with Crippen molar-refractivity contribution in [2.24, 2.45) is 0 Å². The van der Waals surface area contributed by atoms with Crippen molar-refractivity contribution >= 4 is 23.6 Å². The third-order valence-corrected chi connectivity index (χ3v) is 6.53. The van der Waals surface area contributed by atoms with E-state index < -0.39 is 17.9 Å². The van der Waals surface area contributed by atoms with Crippen LogP contribution in [0.3, 0.4) is 0 Å². The first kappa shape index (κ1) is 22.7. The van der Waals surface area contributed by atoms with Crippen LogP contribution in [0.2, 0.25) is 0 Å². The first-order valence-corrected chi connectivity index (χ1v) is 11.5. The largest absolute Gasteiger partial charge is 0.351 e. The molecule has 2 aromatic rings. The number of aryl methyl sites for hydroxylation is 2. The molecule has 2 aromatic carbocycles. The van der Waals surface area contributed by atoms with Crippen molar-refractivity contribution in [2.45, 2.75) is 51.6 Å². The molecule has 1 N–H and O–H groups in total. The van der Waals surface area contributed by atoms with Crippen LogP contribution < -0.4 is 5.32 Å². The topological polar surface area (TPSA) is 86.8 Å². The van der Waals surface area contributed by atoms with Crippen molar-refractivity contribution in [1.82, 2.24) is 15.1 Å². The molecule has 7 nitrogen and oxygen atoms in total. The third kappa shape index (κ3) is 4.82. The molecule has 1 fully saturated rings. The van der Waals surface area contributed by atoms with Gasteiger partial charge < -0.3 is 10.2 Å². The number of carbonyl (C=O) groups excluding carboxylic acids is 4. The van der Waals surface area contributed by atoms with Gasteiger partial charge in [-0.25, -0.2) is 0 Å². The zero-order valence-corrected chi connectivity index (χ0v) is 19.0. The number of hydrogen-bond acceptors (Lipinski definition) is 4. The van der Waals surface area contributed by atoms with Crippen molar-refractivity contribution in [3.63, 3.8) is 0 Å². The molecule has 1 atom stereocenters. The zero-order chi connectivity index (χ0) is 23.5. The molecule has 2 aliphatic heterocycles. The molecular formula is C26H29N3O4. The molecule has 33 heavy (non-hydrogen) atoms. The summed E-state index contributed by atoms with van der Waals surface area (Å²) in [5, 5.41) is 2.96. The second-order valence-electron chi connectivity index (χ2n) is 8.85. The van der Waals surface area contributed by atoms with Gasteiger partial charge in [-0.15, -0.1) is 0 Å². The quantitative estimate of drug-likeness (QED) is 0.690. The van der Waals surface area contributed by atoms with E-state index in [0.717, 1.165) is 10.5 Å². The van der Waals surface area contributed by atoms with E-state index in [-0.39, 0.29) is 17.9 Å². The van der Waals surface area contributed by atoms with Crippen LogP contribution in [0.1, 0.15) is 58.0 Å². The van der Waals surface area contributed by atoms with Crippen LogP contribution in [0, 0.1) is 6.92 Å². The third-order valence-electron chi connectivity index (χ3n) is 6.53. The fourth-order valence-corrected chi connectivity index (χ4v) is 4.44. The summed E-state index contributed by atoms with van der Waals surface area (Å²) in [4.78, 5) is 53.5. The van der Waals surface area contributed by atoms with E-state index in [2.05, 4.69) is 29.6 Å². The molecule has 0 spiro atoms. The van der Waals surface area contributed by atoms with Crippen LogP contribution in [0.15, 0.2) is 48.5 Å². The number of amides is 4. The van der Waals surface area contributed by atoms with E-state index in [1.165, 1.54) is 5.56 Å². The molecule has 172 valence electrons. The lowest BCUT2D eigenvalue weighted by molar-refractivity contribution is -0.132. The zero-order valence-electron chi connectivity index (χ0n) is 19.0. The van der Waals surface area contributed by atoms with E-state index in [1.807, 2.05) is 11.8 Å². The fourth-order valence-electron chi connectivity index (χ4n) is 4.44. The summed E-state index contributed by atoms with van der Waals surface area (Å²) in [5.74, 6) is -1.10. The van der Waals surface area contributed by atoms with Gasteiger partial charge in [0.2, 0.25) is 11.8 Å². The van der Waals surface area contributed by atoms with Crippen molar-refractivity contribution in [1.29, 1.82) is 0 Å². The highest BCUT2D eigenvalue weighted by atomic mass is 16.2. The van der Waals surface area contributed by atoms with Gasteiger partial charge in [-0.1, -0.05) is 42.0 Å². The van der Waals surface area contributed by atoms with Gasteiger partial charge in [-0.2, -0.15) is 0 Å². The lowest BCUT2D eigenvalue weighted by Gasteiger charge is -2.33. The summed E-state index contributed by atoms with van der Waals surface area (Å²) >= 11 is 0. The Morgan fingerprint density at radius 1 is 0.970 bits per heavy atom. The minimum atomic E-state index is -0.897. The molecule has 0 radical (unpaired) electrons. The van der Waals surface area contributed by atoms with Crippen LogP contribution in [0.5, 0.6) is 0 Å². The Morgan fingerprint density at radius 3 is 2.12 bits per heavy atom. The number of fused-ring (bicyclic) bond motifs is 1. The minimum absolute atomic E-state index is 0.0868. The molecule has 0 aromatic heterocycles. The van der Waals surface area contributed by atoms with Crippen LogP contribution in [-0.2, 0) is 16.0 Å². The van der Waals surface area contributed by atoms with Crippen molar-refractivity contribution in [2.75, 3.05) is 13.1 Å². The molecule has 1 saturated heterocycles. The highest BCUT2D eigenvalue weighted by Crippen LogP contribution is 2.24. The maximum absolute atomic E-state index is 12.8. The lowest BCUT2D eigenvalue weighted by atomic mass is 10.0. The molecule has 4 amide bonds. The van der Waals surface area contributed by atoms with E-state index in [0.29, 0.717) is 49.9 Å². The Labute approximate surface area is 193 Å². The van der Waals surface area contributed by atoms with Gasteiger partial charge in [0.1, 0.15) is 6.04 Å². The van der Waals surface area contributed by atoms with Crippen LogP contribution >= 0.6 is 0 Å². The molecule has 2 aliphatic rings. The summed E-state index contributed by atoms with van der Waals surface area (Å²) < 4.78 is 0. The lowest BCUT2D eigenvalue weighted by Crippen LogP contribution is -2.53. The summed E-state index contributed by atoms with van der Waals surface area (Å²) in [6, 6.07) is 13.8. The normalized spacial score (nSPS) is 17.2. The van der Waals surface area contributed by atoms with Crippen LogP contribution in [0.25, 0.3) is 0 Å². The van der Waals surface area contributed by atoms with E-state index >= 15 is 0 Å². The molecule has 1 unspecified atom stereocenters. The maximum atomic E-state index is 12.8. The highest BCUT2D eigenvalue weighted by molar-refractivity contribution is 6.22. The molecule has 0 saturated carbocycles. The first-order chi connectivity index (χ1) is 15.8. The number of rotatable bonds is 6. The Balaban J connectivity index is 1.25. The summed E-state index contributed by atoms with van der Waals surface area (Å²) in [6.07, 6.45) is 2.48. The highest BCUT2D eigenvalue weighted by Gasteiger charge is 2.41. The number of nitrogens with zero attached hydrogens (tertiary/aromatic N) is 2. The number of hydrogen-bond donors (Lipinski definition) is 1. The summed E-state index contributed by atoms with van der Waals surface area (Å²) in [5.41, 5.74) is 3.02. The van der Waals surface area contributed by atoms with Gasteiger partial charge in [-0.05, 0) is 50.8 Å². The molecule has 0 bridgehead atoms. The first-order valence-electron chi connectivity index (χ1n) is 11.5. The average Bonchev–Trinajstić information content (AvgIpc) is 3.08. The van der Waals surface area contributed by atoms with Crippen molar-refractivity contribution in [3.05, 3.63) is 70.8 Å². The van der Waals surface area contributed by atoms with Crippen LogP contribution in [0.4, 0.5) is 0 Å². The smallest absolute Gasteiger partial charge is 0.262 e. The van der Waals surface area contributed by atoms with Gasteiger partial charge in [0.05, 0.1) is 11.1 Å². The summed E-state index contributed by atoms with van der Waals surface area (Å²) in [6.45, 7) is 4.78. The van der Waals surface area contributed by atoms with Crippen LogP contribution in [-0.4, -0.2) is 58.6 Å². The predicted octanol–water partition coefficient (Wildman–Crippen LogP) is 2.72. The van der Waals surface area contributed by atoms with Gasteiger partial charge in [0.25, 0.3) is 11.8 Å². The van der Waals surface area contributed by atoms with E-state index in [4.69, 9.17) is 0 Å². The van der Waals surface area contributed by atoms with Crippen molar-refractivity contribution < 1.29 is 19.2 Å². The Kier molecular flexibility index (Phi) is 6.58. The standard InChI is InChI=1S/C26H29N3O4/c1-17-7-9-19(10-8-17)11-12-23(30)28-15-13-20(14-16-28)27-24(31)18(2)29-25(32)21-5-3-4-6-22(21)26(29)33/h3-10,18,20H,11-16H2,1-2H3,(H,27,31). The Bertz CT molecular complexity index is 1040. The fraction of sp³-hybridized carbons (Fsp3) is 0.385. The molecular weight excluding hydrogens is 418 g/mol. The van der Waals surface area contributed by atoms with E-state index in [1.54, 1.807) is 31.2 Å². The number of piperidine rings is 1. The monoisotopic (exact) mass is 447 g/mol. The summed E-state index contributed by atoms with van der Waals surface area (Å²) in [7, 11) is 0. The number of benzene rings is 2. The molecule has 7 heteroatoms. The Morgan fingerprint density at radius 2 is 1.55 bits per heavy atom.